The number of likely N-dealkylation sites (tertiary alicyclic amines) is 1. The zero-order valence-electron chi connectivity index (χ0n) is 16.9. The second-order valence-corrected chi connectivity index (χ2v) is 7.40. The third-order valence-electron chi connectivity index (χ3n) is 5.12. The number of nitrogens with one attached hydrogen (secondary N) is 1. The predicted molar refractivity (Wildman–Crippen MR) is 111 cm³/mol. The number of methoxy groups -OCH3 is 1. The third-order valence-corrected chi connectivity index (χ3v) is 5.12. The van der Waals surface area contributed by atoms with Gasteiger partial charge in [0, 0.05) is 31.3 Å². The summed E-state index contributed by atoms with van der Waals surface area (Å²) in [4.78, 5) is 17.9. The maximum atomic E-state index is 11.2. The van der Waals surface area contributed by atoms with Gasteiger partial charge in [0.1, 0.15) is 5.75 Å². The smallest absolute Gasteiger partial charge is 0.244 e. The minimum atomic E-state index is -0.454. The lowest BCUT2D eigenvalue weighted by Crippen LogP contribution is -2.24. The normalized spacial score (nSPS) is 19.0. The summed E-state index contributed by atoms with van der Waals surface area (Å²) in [5.74, 6) is 1.66. The molecule has 0 bridgehead atoms. The Labute approximate surface area is 174 Å². The number of β-amino-alcohol motifs (C(OH)–C–C–N with tert-alkyl or cyclic N) is 1. The number of rotatable bonds is 6. The highest BCUT2D eigenvalue weighted by molar-refractivity contribution is 5.88. The predicted octanol–water partition coefficient (Wildman–Crippen LogP) is 3.01. The fraction of sp³-hybridized carbons (Fsp3) is 0.318. The number of aliphatic hydroxyl groups is 1. The topological polar surface area (TPSA) is 101 Å². The Hall–Kier alpha value is -3.23. The van der Waals surface area contributed by atoms with Gasteiger partial charge in [-0.05, 0) is 48.4 Å². The van der Waals surface area contributed by atoms with Gasteiger partial charge < -0.3 is 19.7 Å². The minimum Gasteiger partial charge on any atom is -0.497 e. The lowest BCUT2D eigenvalue weighted by atomic mass is 10.1. The molecule has 30 heavy (non-hydrogen) atoms. The summed E-state index contributed by atoms with van der Waals surface area (Å²) in [6.45, 7) is 2.63. The van der Waals surface area contributed by atoms with Gasteiger partial charge in [-0.1, -0.05) is 17.3 Å². The van der Waals surface area contributed by atoms with Gasteiger partial charge in [0.25, 0.3) is 0 Å². The van der Waals surface area contributed by atoms with Crippen molar-refractivity contribution in [2.24, 2.45) is 0 Å². The van der Waals surface area contributed by atoms with E-state index in [9.17, 15) is 9.90 Å². The molecule has 8 nitrogen and oxygen atoms in total. The van der Waals surface area contributed by atoms with Crippen LogP contribution < -0.4 is 10.1 Å². The molecule has 1 fully saturated rings. The molecule has 3 aromatic rings. The van der Waals surface area contributed by atoms with Crippen molar-refractivity contribution >= 4 is 11.6 Å². The van der Waals surface area contributed by atoms with Gasteiger partial charge in [0.05, 0.1) is 19.3 Å². The van der Waals surface area contributed by atoms with Gasteiger partial charge >= 0.3 is 0 Å². The van der Waals surface area contributed by atoms with Crippen LogP contribution in [0.2, 0.25) is 0 Å². The van der Waals surface area contributed by atoms with E-state index in [0.29, 0.717) is 31.2 Å². The van der Waals surface area contributed by atoms with Crippen LogP contribution >= 0.6 is 0 Å². The fourth-order valence-electron chi connectivity index (χ4n) is 3.67. The first-order chi connectivity index (χ1) is 14.5. The maximum absolute atomic E-state index is 11.2. The van der Waals surface area contributed by atoms with Crippen molar-refractivity contribution < 1.29 is 19.2 Å². The van der Waals surface area contributed by atoms with Crippen LogP contribution in [0.25, 0.3) is 11.4 Å². The summed E-state index contributed by atoms with van der Waals surface area (Å²) < 4.78 is 10.7. The van der Waals surface area contributed by atoms with Crippen LogP contribution in [0.5, 0.6) is 5.75 Å². The summed E-state index contributed by atoms with van der Waals surface area (Å²) in [5, 5.41) is 17.1. The highest BCUT2D eigenvalue weighted by Crippen LogP contribution is 2.33. The summed E-state index contributed by atoms with van der Waals surface area (Å²) in [7, 11) is 1.62. The molecule has 1 aliphatic rings. The summed E-state index contributed by atoms with van der Waals surface area (Å²) >= 11 is 0. The number of hydrogen-bond acceptors (Lipinski definition) is 7. The van der Waals surface area contributed by atoms with E-state index in [1.807, 2.05) is 48.5 Å². The van der Waals surface area contributed by atoms with E-state index in [2.05, 4.69) is 20.4 Å². The van der Waals surface area contributed by atoms with E-state index in [0.717, 1.165) is 22.6 Å². The van der Waals surface area contributed by atoms with Crippen LogP contribution in [-0.2, 0) is 11.3 Å². The van der Waals surface area contributed by atoms with Crippen molar-refractivity contribution in [3.8, 4) is 17.1 Å². The average Bonchev–Trinajstić information content (AvgIpc) is 3.36. The van der Waals surface area contributed by atoms with Gasteiger partial charge in [0.2, 0.25) is 17.6 Å². The number of benzene rings is 2. The van der Waals surface area contributed by atoms with Crippen molar-refractivity contribution in [2.75, 3.05) is 19.0 Å². The molecule has 156 valence electrons. The van der Waals surface area contributed by atoms with Crippen LogP contribution in [0.4, 0.5) is 5.69 Å². The fourth-order valence-corrected chi connectivity index (χ4v) is 3.67. The Balaban J connectivity index is 1.49. The number of hydrogen-bond donors (Lipinski definition) is 2. The number of amides is 1. The minimum absolute atomic E-state index is 0.102. The Morgan fingerprint density at radius 1 is 1.23 bits per heavy atom. The first-order valence-corrected chi connectivity index (χ1v) is 9.78. The summed E-state index contributed by atoms with van der Waals surface area (Å²) in [6.07, 6.45) is 0.0822. The first-order valence-electron chi connectivity index (χ1n) is 9.78. The van der Waals surface area contributed by atoms with Crippen molar-refractivity contribution in [3.63, 3.8) is 0 Å². The molecule has 2 N–H and O–H groups in total. The standard InChI is InChI=1S/C22H24N4O4/c1-14(27)23-17-7-3-15(4-8-17)12-26-13-18(28)11-20(26)22-24-21(25-30-22)16-5-9-19(29-2)10-6-16/h3-10,18,20,28H,11-13H2,1-2H3,(H,23,27)/t18-,20+/m1/s1. The van der Waals surface area contributed by atoms with Gasteiger partial charge in [-0.15, -0.1) is 0 Å². The number of ether oxygens (including phenoxy) is 1. The summed E-state index contributed by atoms with van der Waals surface area (Å²) in [6, 6.07) is 15.0. The first kappa shape index (κ1) is 20.1. The van der Waals surface area contributed by atoms with Crippen molar-refractivity contribution in [3.05, 3.63) is 60.0 Å². The molecule has 8 heteroatoms. The van der Waals surface area contributed by atoms with Crippen molar-refractivity contribution in [1.82, 2.24) is 15.0 Å². The number of carbonyl (C=O) groups excluding carboxylic acids is 1. The Kier molecular flexibility index (Phi) is 5.78. The van der Waals surface area contributed by atoms with Gasteiger partial charge in [-0.2, -0.15) is 4.98 Å². The molecule has 1 amide bonds. The number of anilines is 1. The van der Waals surface area contributed by atoms with Crippen LogP contribution in [-0.4, -0.2) is 45.8 Å². The number of aliphatic hydroxyl groups excluding tert-OH is 1. The molecule has 2 aromatic carbocycles. The van der Waals surface area contributed by atoms with Gasteiger partial charge in [-0.25, -0.2) is 0 Å². The molecule has 0 unspecified atom stereocenters. The van der Waals surface area contributed by atoms with Crippen molar-refractivity contribution in [2.45, 2.75) is 32.0 Å². The van der Waals surface area contributed by atoms with E-state index in [4.69, 9.17) is 9.26 Å². The highest BCUT2D eigenvalue weighted by Gasteiger charge is 2.35. The van der Waals surface area contributed by atoms with E-state index in [-0.39, 0.29) is 11.9 Å². The van der Waals surface area contributed by atoms with E-state index >= 15 is 0 Å². The molecule has 1 aliphatic heterocycles. The molecule has 0 saturated carbocycles. The number of aromatic nitrogens is 2. The van der Waals surface area contributed by atoms with Gasteiger partial charge in [-0.3, -0.25) is 9.69 Å². The SMILES string of the molecule is COc1ccc(-c2noc([C@@H]3C[C@@H](O)CN3Cc3ccc(NC(C)=O)cc3)n2)cc1. The van der Waals surface area contributed by atoms with Crippen LogP contribution in [0.1, 0.15) is 30.8 Å². The molecule has 0 aliphatic carbocycles. The lowest BCUT2D eigenvalue weighted by Gasteiger charge is -2.21. The molecule has 0 radical (unpaired) electrons. The number of carbonyl (C=O) groups is 1. The molecule has 4 rings (SSSR count). The monoisotopic (exact) mass is 408 g/mol. The highest BCUT2D eigenvalue weighted by atomic mass is 16.5. The Morgan fingerprint density at radius 3 is 2.63 bits per heavy atom. The van der Waals surface area contributed by atoms with E-state index in [1.54, 1.807) is 7.11 Å². The zero-order chi connectivity index (χ0) is 21.1. The van der Waals surface area contributed by atoms with E-state index in [1.165, 1.54) is 6.92 Å². The quantitative estimate of drug-likeness (QED) is 0.647. The van der Waals surface area contributed by atoms with E-state index < -0.39 is 6.10 Å². The molecule has 2 heterocycles. The molecular formula is C22H24N4O4. The van der Waals surface area contributed by atoms with Gasteiger partial charge in [0.15, 0.2) is 0 Å². The molecule has 1 saturated heterocycles. The van der Waals surface area contributed by atoms with Crippen LogP contribution in [0.15, 0.2) is 53.1 Å². The number of nitrogens with zero attached hydrogens (tertiary/aromatic N) is 3. The summed E-state index contributed by atoms with van der Waals surface area (Å²) in [5.41, 5.74) is 2.66. The molecule has 0 spiro atoms. The Bertz CT molecular complexity index is 1000. The zero-order valence-corrected chi connectivity index (χ0v) is 16.9. The second-order valence-electron chi connectivity index (χ2n) is 7.40. The second kappa shape index (κ2) is 8.64. The maximum Gasteiger partial charge on any atom is 0.244 e. The van der Waals surface area contributed by atoms with Crippen molar-refractivity contribution in [1.29, 1.82) is 0 Å². The average molecular weight is 408 g/mol. The van der Waals surface area contributed by atoms with Crippen LogP contribution in [0.3, 0.4) is 0 Å². The molecular weight excluding hydrogens is 384 g/mol. The molecule has 2 atom stereocenters. The third kappa shape index (κ3) is 4.50. The lowest BCUT2D eigenvalue weighted by molar-refractivity contribution is -0.114. The molecule has 1 aromatic heterocycles. The Morgan fingerprint density at radius 2 is 1.97 bits per heavy atom. The largest absolute Gasteiger partial charge is 0.497 e. The van der Waals surface area contributed by atoms with Crippen LogP contribution in [0, 0.1) is 0 Å².